The first-order chi connectivity index (χ1) is 9.72. The number of thiophene rings is 2. The molecule has 3 aromatic rings. The van der Waals surface area contributed by atoms with E-state index in [0.717, 1.165) is 20.9 Å². The highest BCUT2D eigenvalue weighted by Gasteiger charge is 2.21. The van der Waals surface area contributed by atoms with Crippen molar-refractivity contribution in [3.63, 3.8) is 0 Å². The molecule has 0 radical (unpaired) electrons. The van der Waals surface area contributed by atoms with Crippen molar-refractivity contribution in [3.05, 3.63) is 45.9 Å². The van der Waals surface area contributed by atoms with E-state index in [1.165, 1.54) is 22.7 Å². The number of aromatic nitrogens is 1. The van der Waals surface area contributed by atoms with Gasteiger partial charge in [-0.15, -0.1) is 22.7 Å². The minimum atomic E-state index is 0.491. The molecule has 0 bridgehead atoms. The lowest BCUT2D eigenvalue weighted by molar-refractivity contribution is 1.33. The third-order valence-electron chi connectivity index (χ3n) is 2.82. The van der Waals surface area contributed by atoms with Gasteiger partial charge >= 0.3 is 0 Å². The molecule has 2 N–H and O–H groups in total. The Labute approximate surface area is 128 Å². The normalized spacial score (nSPS) is 10.4. The van der Waals surface area contributed by atoms with Crippen LogP contribution in [0, 0.1) is 11.3 Å². The average Bonchev–Trinajstić information content (AvgIpc) is 3.03. The molecule has 0 amide bonds. The number of pyridine rings is 1. The quantitative estimate of drug-likeness (QED) is 0.748. The van der Waals surface area contributed by atoms with Gasteiger partial charge in [-0.1, -0.05) is 17.7 Å². The molecule has 20 heavy (non-hydrogen) atoms. The molecule has 98 valence electrons. The second kappa shape index (κ2) is 5.25. The standard InChI is InChI=1S/C14H8ClN3S2/c15-9-3-5-19-13(9)14-11(8-2-1-4-18-7-8)12(17)10(6-16)20-14/h1-5,7H,17H2. The van der Waals surface area contributed by atoms with Gasteiger partial charge in [0.05, 0.1) is 20.5 Å². The Balaban J connectivity index is 2.31. The molecule has 0 unspecified atom stereocenters. The Bertz CT molecular complexity index is 800. The fourth-order valence-electron chi connectivity index (χ4n) is 1.94. The van der Waals surface area contributed by atoms with Gasteiger partial charge in [0, 0.05) is 23.5 Å². The van der Waals surface area contributed by atoms with Gasteiger partial charge in [0.25, 0.3) is 0 Å². The molecule has 3 nitrogen and oxygen atoms in total. The first-order valence-corrected chi connectivity index (χ1v) is 7.76. The summed E-state index contributed by atoms with van der Waals surface area (Å²) in [6.07, 6.45) is 3.44. The van der Waals surface area contributed by atoms with Crippen molar-refractivity contribution in [1.82, 2.24) is 4.98 Å². The van der Waals surface area contributed by atoms with E-state index in [1.54, 1.807) is 12.4 Å². The lowest BCUT2D eigenvalue weighted by atomic mass is 10.1. The third kappa shape index (κ3) is 2.08. The van der Waals surface area contributed by atoms with Crippen molar-refractivity contribution < 1.29 is 0 Å². The summed E-state index contributed by atoms with van der Waals surface area (Å²) < 4.78 is 0. The van der Waals surface area contributed by atoms with Crippen LogP contribution >= 0.6 is 34.3 Å². The monoisotopic (exact) mass is 317 g/mol. The lowest BCUT2D eigenvalue weighted by Gasteiger charge is -2.04. The van der Waals surface area contributed by atoms with Crippen molar-refractivity contribution in [1.29, 1.82) is 5.26 Å². The number of rotatable bonds is 2. The van der Waals surface area contributed by atoms with Crippen LogP contribution in [0.5, 0.6) is 0 Å². The van der Waals surface area contributed by atoms with Gasteiger partial charge < -0.3 is 5.73 Å². The molecule has 0 aliphatic rings. The SMILES string of the molecule is N#Cc1sc(-c2sccc2Cl)c(-c2cccnc2)c1N. The van der Waals surface area contributed by atoms with Crippen molar-refractivity contribution >= 4 is 40.0 Å². The van der Waals surface area contributed by atoms with Gasteiger partial charge in [-0.25, -0.2) is 0 Å². The maximum Gasteiger partial charge on any atom is 0.129 e. The summed E-state index contributed by atoms with van der Waals surface area (Å²) in [5.41, 5.74) is 8.34. The first kappa shape index (κ1) is 13.1. The number of halogens is 1. The topological polar surface area (TPSA) is 62.7 Å². The summed E-state index contributed by atoms with van der Waals surface area (Å²) in [6.45, 7) is 0. The average molecular weight is 318 g/mol. The first-order valence-electron chi connectivity index (χ1n) is 5.68. The van der Waals surface area contributed by atoms with Gasteiger partial charge in [0.2, 0.25) is 0 Å². The van der Waals surface area contributed by atoms with E-state index in [2.05, 4.69) is 11.1 Å². The summed E-state index contributed by atoms with van der Waals surface area (Å²) in [6, 6.07) is 7.76. The molecule has 0 atom stereocenters. The molecule has 0 aliphatic heterocycles. The molecule has 3 heterocycles. The highest BCUT2D eigenvalue weighted by molar-refractivity contribution is 7.23. The predicted octanol–water partition coefficient (Wildman–Crippen LogP) is 4.65. The van der Waals surface area contributed by atoms with Crippen molar-refractivity contribution in [2.75, 3.05) is 5.73 Å². The van der Waals surface area contributed by atoms with E-state index in [1.807, 2.05) is 23.6 Å². The van der Waals surface area contributed by atoms with Crippen molar-refractivity contribution in [2.24, 2.45) is 0 Å². The molecule has 0 fully saturated rings. The fraction of sp³-hybridized carbons (Fsp3) is 0. The maximum atomic E-state index is 9.21. The fourth-order valence-corrected chi connectivity index (χ4v) is 4.36. The zero-order chi connectivity index (χ0) is 14.1. The highest BCUT2D eigenvalue weighted by Crippen LogP contribution is 2.48. The number of nitrogens with zero attached hydrogens (tertiary/aromatic N) is 2. The molecule has 3 aromatic heterocycles. The van der Waals surface area contributed by atoms with Crippen LogP contribution < -0.4 is 5.73 Å². The smallest absolute Gasteiger partial charge is 0.129 e. The zero-order valence-corrected chi connectivity index (χ0v) is 12.5. The van der Waals surface area contributed by atoms with Crippen LogP contribution in [0.25, 0.3) is 20.9 Å². The second-order valence-electron chi connectivity index (χ2n) is 4.00. The Kier molecular flexibility index (Phi) is 3.45. The summed E-state index contributed by atoms with van der Waals surface area (Å²) in [5, 5.41) is 11.8. The van der Waals surface area contributed by atoms with Crippen LogP contribution in [-0.4, -0.2) is 4.98 Å². The van der Waals surface area contributed by atoms with Crippen molar-refractivity contribution in [2.45, 2.75) is 0 Å². The summed E-state index contributed by atoms with van der Waals surface area (Å²) >= 11 is 9.12. The second-order valence-corrected chi connectivity index (χ2v) is 6.34. The molecule has 3 rings (SSSR count). The van der Waals surface area contributed by atoms with E-state index >= 15 is 0 Å². The van der Waals surface area contributed by atoms with E-state index in [0.29, 0.717) is 15.6 Å². The number of nitrogen functional groups attached to an aromatic ring is 1. The van der Waals surface area contributed by atoms with Crippen LogP contribution in [0.1, 0.15) is 4.88 Å². The van der Waals surface area contributed by atoms with Crippen LogP contribution in [0.3, 0.4) is 0 Å². The minimum Gasteiger partial charge on any atom is -0.396 e. The molecular formula is C14H8ClN3S2. The molecule has 0 spiro atoms. The Hall–Kier alpha value is -1.87. The lowest BCUT2D eigenvalue weighted by Crippen LogP contribution is -1.89. The molecule has 0 saturated carbocycles. The van der Waals surface area contributed by atoms with E-state index in [-0.39, 0.29) is 0 Å². The van der Waals surface area contributed by atoms with Gasteiger partial charge in [-0.2, -0.15) is 5.26 Å². The number of hydrogen-bond acceptors (Lipinski definition) is 5. The Morgan fingerprint density at radius 3 is 2.75 bits per heavy atom. The summed E-state index contributed by atoms with van der Waals surface area (Å²) in [4.78, 5) is 6.48. The van der Waals surface area contributed by atoms with E-state index in [4.69, 9.17) is 17.3 Å². The van der Waals surface area contributed by atoms with E-state index in [9.17, 15) is 5.26 Å². The highest BCUT2D eigenvalue weighted by atomic mass is 35.5. The molecule has 0 saturated heterocycles. The van der Waals surface area contributed by atoms with Gasteiger partial charge in [-0.3, -0.25) is 4.98 Å². The Morgan fingerprint density at radius 1 is 1.30 bits per heavy atom. The van der Waals surface area contributed by atoms with Crippen LogP contribution in [0.15, 0.2) is 36.0 Å². The molecule has 0 aliphatic carbocycles. The molecule has 6 heteroatoms. The van der Waals surface area contributed by atoms with Gasteiger partial charge in [-0.05, 0) is 17.5 Å². The summed E-state index contributed by atoms with van der Waals surface area (Å²) in [7, 11) is 0. The summed E-state index contributed by atoms with van der Waals surface area (Å²) in [5.74, 6) is 0. The zero-order valence-electron chi connectivity index (χ0n) is 10.1. The van der Waals surface area contributed by atoms with Crippen LogP contribution in [0.4, 0.5) is 5.69 Å². The predicted molar refractivity (Wildman–Crippen MR) is 85.0 cm³/mol. The number of nitriles is 1. The molecule has 0 aromatic carbocycles. The largest absolute Gasteiger partial charge is 0.396 e. The van der Waals surface area contributed by atoms with Crippen molar-refractivity contribution in [3.8, 4) is 27.0 Å². The molecular weight excluding hydrogens is 310 g/mol. The Morgan fingerprint density at radius 2 is 2.15 bits per heavy atom. The number of hydrogen-bond donors (Lipinski definition) is 1. The van der Waals surface area contributed by atoms with Crippen LogP contribution in [-0.2, 0) is 0 Å². The third-order valence-corrected chi connectivity index (χ3v) is 5.44. The van der Waals surface area contributed by atoms with Gasteiger partial charge in [0.15, 0.2) is 0 Å². The van der Waals surface area contributed by atoms with Crippen LogP contribution in [0.2, 0.25) is 5.02 Å². The maximum absolute atomic E-state index is 9.21. The van der Waals surface area contributed by atoms with Gasteiger partial charge in [0.1, 0.15) is 10.9 Å². The minimum absolute atomic E-state index is 0.491. The van der Waals surface area contributed by atoms with E-state index < -0.39 is 0 Å². The number of anilines is 1. The number of nitrogens with two attached hydrogens (primary N) is 1.